The maximum absolute atomic E-state index is 13.4. The van der Waals surface area contributed by atoms with Crippen molar-refractivity contribution in [1.29, 1.82) is 0 Å². The zero-order chi connectivity index (χ0) is 32.8. The minimum atomic E-state index is -4.74. The summed E-state index contributed by atoms with van der Waals surface area (Å²) < 4.78 is 78.3. The summed E-state index contributed by atoms with van der Waals surface area (Å²) in [6.45, 7) is -0.0603. The summed E-state index contributed by atoms with van der Waals surface area (Å²) in [7, 11) is 0.826. The number of nitrogens with zero attached hydrogens (tertiary/aromatic N) is 2. The van der Waals surface area contributed by atoms with Gasteiger partial charge in [0, 0.05) is 38.4 Å². The third kappa shape index (κ3) is 8.66. The first-order valence-corrected chi connectivity index (χ1v) is 15.6. The third-order valence-corrected chi connectivity index (χ3v) is 9.16. The van der Waals surface area contributed by atoms with E-state index in [1.807, 2.05) is 31.1 Å². The van der Waals surface area contributed by atoms with Gasteiger partial charge < -0.3 is 25.0 Å². The van der Waals surface area contributed by atoms with Crippen LogP contribution in [0, 0.1) is 0 Å². The molecule has 1 saturated heterocycles. The quantitative estimate of drug-likeness (QED) is 0.308. The number of amides is 2. The third-order valence-electron chi connectivity index (χ3n) is 7.27. The SMILES string of the molecule is COc1ccc(C[C@H](NC(=O)O[C@H]2CCCCN2S(=O)(=O)c2cccc(C(F)(F)F)c2)C(=O)Nc2ccc(N(C)C)cc2)cc1. The smallest absolute Gasteiger partial charge is 0.416 e. The largest absolute Gasteiger partial charge is 0.497 e. The molecule has 0 spiro atoms. The van der Waals surface area contributed by atoms with E-state index < -0.39 is 50.9 Å². The van der Waals surface area contributed by atoms with Crippen molar-refractivity contribution < 1.29 is 40.7 Å². The zero-order valence-electron chi connectivity index (χ0n) is 25.0. The van der Waals surface area contributed by atoms with Crippen LogP contribution in [-0.2, 0) is 32.2 Å². The number of alkyl carbamates (subject to hydrolysis) is 1. The molecular weight excluding hydrogens is 613 g/mol. The topological polar surface area (TPSA) is 117 Å². The lowest BCUT2D eigenvalue weighted by atomic mass is 10.0. The van der Waals surface area contributed by atoms with Gasteiger partial charge in [-0.3, -0.25) is 4.79 Å². The van der Waals surface area contributed by atoms with E-state index in [9.17, 15) is 31.2 Å². The molecule has 0 radical (unpaired) electrons. The van der Waals surface area contributed by atoms with Crippen LogP contribution in [0.25, 0.3) is 0 Å². The second-order valence-corrected chi connectivity index (χ2v) is 12.6. The van der Waals surface area contributed by atoms with Gasteiger partial charge in [-0.05, 0) is 79.4 Å². The lowest BCUT2D eigenvalue weighted by molar-refractivity contribution is -0.137. The summed E-state index contributed by atoms with van der Waals surface area (Å²) in [5.41, 5.74) is 0.998. The Morgan fingerprint density at radius 3 is 2.33 bits per heavy atom. The van der Waals surface area contributed by atoms with Crippen LogP contribution in [0.2, 0.25) is 0 Å². The number of halogens is 3. The van der Waals surface area contributed by atoms with Crippen LogP contribution >= 0.6 is 0 Å². The average molecular weight is 649 g/mol. The van der Waals surface area contributed by atoms with Gasteiger partial charge >= 0.3 is 12.3 Å². The molecule has 3 aromatic rings. The van der Waals surface area contributed by atoms with E-state index in [0.717, 1.165) is 28.2 Å². The highest BCUT2D eigenvalue weighted by Crippen LogP contribution is 2.33. The molecule has 10 nitrogen and oxygen atoms in total. The normalized spacial score (nSPS) is 16.4. The Hall–Kier alpha value is -4.30. The van der Waals surface area contributed by atoms with Crippen molar-refractivity contribution in [3.8, 4) is 5.75 Å². The van der Waals surface area contributed by atoms with Crippen molar-refractivity contribution in [2.75, 3.05) is 38.0 Å². The van der Waals surface area contributed by atoms with Gasteiger partial charge in [0.1, 0.15) is 11.8 Å². The van der Waals surface area contributed by atoms with Crippen molar-refractivity contribution in [1.82, 2.24) is 9.62 Å². The Bertz CT molecular complexity index is 1580. The van der Waals surface area contributed by atoms with Gasteiger partial charge in [-0.2, -0.15) is 17.5 Å². The average Bonchev–Trinajstić information content (AvgIpc) is 3.01. The van der Waals surface area contributed by atoms with Crippen molar-refractivity contribution in [3.05, 3.63) is 83.9 Å². The number of hydrogen-bond donors (Lipinski definition) is 2. The molecule has 4 rings (SSSR count). The van der Waals surface area contributed by atoms with Gasteiger partial charge in [0.15, 0.2) is 6.23 Å². The first-order chi connectivity index (χ1) is 21.3. The van der Waals surface area contributed by atoms with Gasteiger partial charge in [-0.1, -0.05) is 18.2 Å². The molecule has 2 atom stereocenters. The highest BCUT2D eigenvalue weighted by molar-refractivity contribution is 7.89. The molecule has 1 aliphatic heterocycles. The second-order valence-electron chi connectivity index (χ2n) is 10.7. The molecule has 2 N–H and O–H groups in total. The summed E-state index contributed by atoms with van der Waals surface area (Å²) in [4.78, 5) is 27.9. The predicted octanol–water partition coefficient (Wildman–Crippen LogP) is 5.26. The van der Waals surface area contributed by atoms with Crippen molar-refractivity contribution in [3.63, 3.8) is 0 Å². The minimum Gasteiger partial charge on any atom is -0.497 e. The van der Waals surface area contributed by atoms with Gasteiger partial charge in [-0.15, -0.1) is 0 Å². The first kappa shape index (κ1) is 33.6. The maximum atomic E-state index is 13.4. The number of rotatable bonds is 10. The predicted molar refractivity (Wildman–Crippen MR) is 162 cm³/mol. The Kier molecular flexibility index (Phi) is 10.6. The molecule has 1 aliphatic rings. The number of methoxy groups -OCH3 is 1. The van der Waals surface area contributed by atoms with E-state index in [0.29, 0.717) is 35.9 Å². The van der Waals surface area contributed by atoms with Crippen molar-refractivity contribution in [2.24, 2.45) is 0 Å². The number of anilines is 2. The molecule has 2 amide bonds. The van der Waals surface area contributed by atoms with Gasteiger partial charge in [0.05, 0.1) is 17.6 Å². The van der Waals surface area contributed by atoms with Crippen LogP contribution < -0.4 is 20.3 Å². The molecule has 0 aliphatic carbocycles. The van der Waals surface area contributed by atoms with Crippen LogP contribution in [0.15, 0.2) is 77.7 Å². The Morgan fingerprint density at radius 2 is 1.71 bits per heavy atom. The summed E-state index contributed by atoms with van der Waals surface area (Å²) in [6.07, 6.45) is -5.95. The molecule has 3 aromatic carbocycles. The molecule has 45 heavy (non-hydrogen) atoms. The van der Waals surface area contributed by atoms with Crippen LogP contribution in [0.3, 0.4) is 0 Å². The summed E-state index contributed by atoms with van der Waals surface area (Å²) in [6, 6.07) is 16.3. The standard InChI is InChI=1S/C31H35F3N4O6S/c1-37(2)24-14-12-23(13-15-24)35-29(39)27(19-21-10-16-25(43-3)17-11-21)36-30(40)44-28-9-4-5-18-38(28)45(41,42)26-8-6-7-22(20-26)31(32,33)34/h6-8,10-17,20,27-28H,4-5,9,18-19H2,1-3H3,(H,35,39)(H,36,40)/t27-,28-/m0/s1. The van der Waals surface area contributed by atoms with Gasteiger partial charge in [0.2, 0.25) is 15.9 Å². The Labute approximate surface area is 260 Å². The number of alkyl halides is 3. The van der Waals surface area contributed by atoms with E-state index in [1.165, 1.54) is 7.11 Å². The Balaban J connectivity index is 1.52. The van der Waals surface area contributed by atoms with E-state index in [1.54, 1.807) is 36.4 Å². The second kappa shape index (κ2) is 14.2. The maximum Gasteiger partial charge on any atom is 0.416 e. The molecule has 0 unspecified atom stereocenters. The highest BCUT2D eigenvalue weighted by Gasteiger charge is 2.38. The Morgan fingerprint density at radius 1 is 1.02 bits per heavy atom. The van der Waals surface area contributed by atoms with E-state index in [-0.39, 0.29) is 19.4 Å². The van der Waals surface area contributed by atoms with E-state index >= 15 is 0 Å². The molecular formula is C31H35F3N4O6S. The molecule has 242 valence electrons. The lowest BCUT2D eigenvalue weighted by Crippen LogP contribution is -2.50. The fourth-order valence-corrected chi connectivity index (χ4v) is 6.44. The number of carbonyl (C=O) groups is 2. The lowest BCUT2D eigenvalue weighted by Gasteiger charge is -2.34. The van der Waals surface area contributed by atoms with E-state index in [2.05, 4.69) is 10.6 Å². The van der Waals surface area contributed by atoms with Crippen LogP contribution in [0.4, 0.5) is 29.3 Å². The number of carbonyl (C=O) groups excluding carboxylic acids is 2. The van der Waals surface area contributed by atoms with Gasteiger partial charge in [0.25, 0.3) is 0 Å². The van der Waals surface area contributed by atoms with Crippen LogP contribution in [0.1, 0.15) is 30.4 Å². The molecule has 1 fully saturated rings. The summed E-state index contributed by atoms with van der Waals surface area (Å²) in [5.74, 6) is 0.0601. The van der Waals surface area contributed by atoms with E-state index in [4.69, 9.17) is 9.47 Å². The minimum absolute atomic E-state index is 0.0603. The number of hydrogen-bond acceptors (Lipinski definition) is 7. The summed E-state index contributed by atoms with van der Waals surface area (Å²) in [5, 5.41) is 5.33. The fraction of sp³-hybridized carbons (Fsp3) is 0.355. The molecule has 0 aromatic heterocycles. The number of ether oxygens (including phenoxy) is 2. The van der Waals surface area contributed by atoms with Crippen LogP contribution in [0.5, 0.6) is 5.75 Å². The zero-order valence-corrected chi connectivity index (χ0v) is 25.8. The van der Waals surface area contributed by atoms with Crippen LogP contribution in [-0.4, -0.2) is 64.7 Å². The molecule has 0 saturated carbocycles. The molecule has 0 bridgehead atoms. The monoisotopic (exact) mass is 648 g/mol. The number of nitrogens with one attached hydrogen (secondary N) is 2. The molecule has 1 heterocycles. The number of piperidine rings is 1. The molecule has 14 heteroatoms. The first-order valence-electron chi connectivity index (χ1n) is 14.2. The summed E-state index contributed by atoms with van der Waals surface area (Å²) >= 11 is 0. The highest BCUT2D eigenvalue weighted by atomic mass is 32.2. The fourth-order valence-electron chi connectivity index (χ4n) is 4.81. The number of benzene rings is 3. The number of sulfonamides is 1. The van der Waals surface area contributed by atoms with Gasteiger partial charge in [-0.25, -0.2) is 13.2 Å². The van der Waals surface area contributed by atoms with Crippen molar-refractivity contribution in [2.45, 2.75) is 49.0 Å². The van der Waals surface area contributed by atoms with Crippen molar-refractivity contribution >= 4 is 33.4 Å².